The third-order valence-corrected chi connectivity index (χ3v) is 6.26. The summed E-state index contributed by atoms with van der Waals surface area (Å²) in [5.41, 5.74) is 1.01. The number of nitrogens with zero attached hydrogens (tertiary/aromatic N) is 3. The molecule has 3 rings (SSSR count). The topological polar surface area (TPSA) is 91.3 Å². The molecule has 0 aromatic heterocycles. The van der Waals surface area contributed by atoms with Crippen molar-refractivity contribution >= 4 is 21.8 Å². The SMILES string of the molecule is Cc1ccc(S(=O)(=O)N/N=C2\CN(C)C3(C2)CN(C(=O)OC(C)(C)C)C3)cc1. The van der Waals surface area contributed by atoms with Crippen LogP contribution in [-0.2, 0) is 14.8 Å². The quantitative estimate of drug-likeness (QED) is 0.772. The molecule has 2 aliphatic heterocycles. The maximum absolute atomic E-state index is 12.4. The van der Waals surface area contributed by atoms with Crippen molar-refractivity contribution in [3.05, 3.63) is 29.8 Å². The van der Waals surface area contributed by atoms with Crippen LogP contribution in [0, 0.1) is 6.92 Å². The molecule has 154 valence electrons. The van der Waals surface area contributed by atoms with Gasteiger partial charge in [-0.3, -0.25) is 4.90 Å². The molecule has 1 N–H and O–H groups in total. The average molecular weight is 409 g/mol. The maximum atomic E-state index is 12.4. The predicted octanol–water partition coefficient (Wildman–Crippen LogP) is 1.95. The molecule has 0 saturated carbocycles. The van der Waals surface area contributed by atoms with Crippen molar-refractivity contribution in [1.82, 2.24) is 14.6 Å². The second-order valence-electron chi connectivity index (χ2n) is 8.68. The molecule has 1 spiro atoms. The first kappa shape index (κ1) is 20.6. The van der Waals surface area contributed by atoms with Crippen molar-refractivity contribution in [3.8, 4) is 0 Å². The van der Waals surface area contributed by atoms with Gasteiger partial charge in [-0.1, -0.05) is 17.7 Å². The molecule has 0 bridgehead atoms. The van der Waals surface area contributed by atoms with Gasteiger partial charge in [-0.15, -0.1) is 0 Å². The Morgan fingerprint density at radius 1 is 1.21 bits per heavy atom. The lowest BCUT2D eigenvalue weighted by atomic mass is 9.87. The molecule has 9 heteroatoms. The summed E-state index contributed by atoms with van der Waals surface area (Å²) in [5.74, 6) is 0. The summed E-state index contributed by atoms with van der Waals surface area (Å²) in [6.45, 7) is 9.06. The Morgan fingerprint density at radius 3 is 2.39 bits per heavy atom. The van der Waals surface area contributed by atoms with Gasteiger partial charge in [-0.2, -0.15) is 13.5 Å². The molecule has 1 aromatic carbocycles. The molecule has 0 atom stereocenters. The summed E-state index contributed by atoms with van der Waals surface area (Å²) >= 11 is 0. The van der Waals surface area contributed by atoms with E-state index in [1.807, 2.05) is 34.7 Å². The van der Waals surface area contributed by atoms with E-state index in [9.17, 15) is 13.2 Å². The van der Waals surface area contributed by atoms with Gasteiger partial charge >= 0.3 is 6.09 Å². The first-order valence-corrected chi connectivity index (χ1v) is 10.7. The third-order valence-electron chi connectivity index (χ3n) is 5.04. The number of likely N-dealkylation sites (tertiary alicyclic amines) is 2. The zero-order valence-corrected chi connectivity index (χ0v) is 17.8. The second-order valence-corrected chi connectivity index (χ2v) is 10.3. The van der Waals surface area contributed by atoms with E-state index in [1.54, 1.807) is 29.2 Å². The number of likely N-dealkylation sites (N-methyl/N-ethyl adjacent to an activating group) is 1. The monoisotopic (exact) mass is 408 g/mol. The average Bonchev–Trinajstić information content (AvgIpc) is 2.87. The zero-order valence-electron chi connectivity index (χ0n) is 17.0. The van der Waals surface area contributed by atoms with Crippen LogP contribution in [0.25, 0.3) is 0 Å². The van der Waals surface area contributed by atoms with Crippen LogP contribution in [0.2, 0.25) is 0 Å². The fourth-order valence-corrected chi connectivity index (χ4v) is 4.30. The van der Waals surface area contributed by atoms with Gasteiger partial charge in [0.1, 0.15) is 5.60 Å². The summed E-state index contributed by atoms with van der Waals surface area (Å²) in [7, 11) is -1.73. The summed E-state index contributed by atoms with van der Waals surface area (Å²) < 4.78 is 30.2. The van der Waals surface area contributed by atoms with E-state index in [4.69, 9.17) is 4.74 Å². The standard InChI is InChI=1S/C19H28N4O4S/c1-14-6-8-16(9-7-14)28(25,26)21-20-15-10-19(22(5)11-15)12-23(13-19)17(24)27-18(2,3)4/h6-9,21H,10-13H2,1-5H3/b20-15-. The summed E-state index contributed by atoms with van der Waals surface area (Å²) in [6, 6.07) is 6.62. The van der Waals surface area contributed by atoms with Crippen molar-refractivity contribution in [2.24, 2.45) is 5.10 Å². The molecular formula is C19H28N4O4S. The van der Waals surface area contributed by atoms with E-state index in [-0.39, 0.29) is 16.5 Å². The number of aryl methyl sites for hydroxylation is 1. The van der Waals surface area contributed by atoms with Crippen LogP contribution in [0.4, 0.5) is 4.79 Å². The lowest BCUT2D eigenvalue weighted by Gasteiger charge is -2.51. The molecule has 2 heterocycles. The van der Waals surface area contributed by atoms with Gasteiger partial charge in [0.05, 0.1) is 16.1 Å². The van der Waals surface area contributed by atoms with Crippen LogP contribution in [-0.4, -0.2) is 67.8 Å². The third kappa shape index (κ3) is 4.30. The number of ether oxygens (including phenoxy) is 1. The van der Waals surface area contributed by atoms with E-state index in [1.165, 1.54) is 0 Å². The van der Waals surface area contributed by atoms with Crippen molar-refractivity contribution in [3.63, 3.8) is 0 Å². The number of benzene rings is 1. The summed E-state index contributed by atoms with van der Waals surface area (Å²) in [4.78, 5) is 18.5. The first-order chi connectivity index (χ1) is 12.9. The minimum absolute atomic E-state index is 0.184. The van der Waals surface area contributed by atoms with Gasteiger partial charge in [-0.25, -0.2) is 9.63 Å². The number of amides is 1. The highest BCUT2D eigenvalue weighted by Gasteiger charge is 2.53. The predicted molar refractivity (Wildman–Crippen MR) is 107 cm³/mol. The van der Waals surface area contributed by atoms with Crippen molar-refractivity contribution in [2.45, 2.75) is 50.2 Å². The molecule has 0 aliphatic carbocycles. The molecule has 8 nitrogen and oxygen atoms in total. The molecule has 0 radical (unpaired) electrons. The largest absolute Gasteiger partial charge is 0.444 e. The minimum Gasteiger partial charge on any atom is -0.444 e. The van der Waals surface area contributed by atoms with Crippen LogP contribution < -0.4 is 4.83 Å². The van der Waals surface area contributed by atoms with Gasteiger partial charge in [0, 0.05) is 26.1 Å². The highest BCUT2D eigenvalue weighted by molar-refractivity contribution is 7.89. The van der Waals surface area contributed by atoms with Gasteiger partial charge in [0.15, 0.2) is 0 Å². The molecule has 2 saturated heterocycles. The van der Waals surface area contributed by atoms with Crippen LogP contribution in [0.15, 0.2) is 34.3 Å². The number of rotatable bonds is 3. The molecule has 1 amide bonds. The second kappa shape index (κ2) is 7.04. The van der Waals surface area contributed by atoms with Crippen LogP contribution in [0.3, 0.4) is 0 Å². The number of nitrogens with one attached hydrogen (secondary N) is 1. The molecule has 2 fully saturated rings. The van der Waals surface area contributed by atoms with Gasteiger partial charge in [0.25, 0.3) is 10.0 Å². The lowest BCUT2D eigenvalue weighted by Crippen LogP contribution is -2.68. The summed E-state index contributed by atoms with van der Waals surface area (Å²) in [5, 5.41) is 4.15. The van der Waals surface area contributed by atoms with E-state index >= 15 is 0 Å². The van der Waals surface area contributed by atoms with Crippen LogP contribution in [0.1, 0.15) is 32.8 Å². The Kier molecular flexibility index (Phi) is 5.18. The number of hydrogen-bond donors (Lipinski definition) is 1. The van der Waals surface area contributed by atoms with E-state index in [2.05, 4.69) is 14.8 Å². The minimum atomic E-state index is -3.69. The Balaban J connectivity index is 1.61. The number of carbonyl (C=O) groups excluding carboxylic acids is 1. The molecular weight excluding hydrogens is 380 g/mol. The first-order valence-electron chi connectivity index (χ1n) is 9.23. The van der Waals surface area contributed by atoms with Crippen molar-refractivity contribution in [2.75, 3.05) is 26.7 Å². The molecule has 2 aliphatic rings. The lowest BCUT2D eigenvalue weighted by molar-refractivity contribution is -0.0406. The molecule has 1 aromatic rings. The maximum Gasteiger partial charge on any atom is 0.410 e. The Labute approximate surface area is 166 Å². The van der Waals surface area contributed by atoms with Crippen molar-refractivity contribution < 1.29 is 17.9 Å². The fourth-order valence-electron chi connectivity index (χ4n) is 3.45. The number of hydrazone groups is 1. The van der Waals surface area contributed by atoms with E-state index < -0.39 is 15.6 Å². The van der Waals surface area contributed by atoms with E-state index in [0.29, 0.717) is 26.1 Å². The molecule has 28 heavy (non-hydrogen) atoms. The smallest absolute Gasteiger partial charge is 0.410 e. The normalized spacial score (nSPS) is 21.0. The molecule has 0 unspecified atom stereocenters. The van der Waals surface area contributed by atoms with Gasteiger partial charge in [0.2, 0.25) is 0 Å². The van der Waals surface area contributed by atoms with Crippen LogP contribution in [0.5, 0.6) is 0 Å². The van der Waals surface area contributed by atoms with E-state index in [0.717, 1.165) is 11.3 Å². The highest BCUT2D eigenvalue weighted by atomic mass is 32.2. The number of sulfonamides is 1. The Hall–Kier alpha value is -2.13. The Morgan fingerprint density at radius 2 is 1.82 bits per heavy atom. The highest BCUT2D eigenvalue weighted by Crippen LogP contribution is 2.36. The Bertz CT molecular complexity index is 882. The van der Waals surface area contributed by atoms with Gasteiger partial charge in [-0.05, 0) is 46.9 Å². The summed E-state index contributed by atoms with van der Waals surface area (Å²) in [6.07, 6.45) is 0.288. The van der Waals surface area contributed by atoms with Gasteiger partial charge < -0.3 is 9.64 Å². The fraction of sp³-hybridized carbons (Fsp3) is 0.579. The zero-order chi connectivity index (χ0) is 20.7. The van der Waals surface area contributed by atoms with Crippen LogP contribution >= 0.6 is 0 Å². The van der Waals surface area contributed by atoms with Crippen molar-refractivity contribution in [1.29, 1.82) is 0 Å². The number of hydrogen-bond acceptors (Lipinski definition) is 6. The number of carbonyl (C=O) groups is 1.